The van der Waals surface area contributed by atoms with E-state index in [0.29, 0.717) is 5.56 Å². The summed E-state index contributed by atoms with van der Waals surface area (Å²) in [6.45, 7) is 11.8. The molecule has 1 unspecified atom stereocenters. The molecule has 1 aromatic rings. The molecule has 1 aromatic carbocycles. The van der Waals surface area contributed by atoms with Gasteiger partial charge in [0, 0.05) is 0 Å². The fourth-order valence-corrected chi connectivity index (χ4v) is 1.80. The van der Waals surface area contributed by atoms with Crippen LogP contribution < -0.4 is 0 Å². The second-order valence-electron chi connectivity index (χ2n) is 5.59. The number of allylic oxidation sites excluding steroid dienone is 2. The molecule has 0 saturated carbocycles. The number of benzene rings is 1. The highest BCUT2D eigenvalue weighted by Gasteiger charge is 2.25. The van der Waals surface area contributed by atoms with E-state index in [2.05, 4.69) is 26.5 Å². The van der Waals surface area contributed by atoms with E-state index in [1.165, 1.54) is 5.57 Å². The van der Waals surface area contributed by atoms with Crippen LogP contribution in [0, 0.1) is 6.92 Å². The molecular weight excluding hydrogens is 248 g/mol. The van der Waals surface area contributed by atoms with Gasteiger partial charge in [-0.25, -0.2) is 4.79 Å². The summed E-state index contributed by atoms with van der Waals surface area (Å²) in [6.07, 6.45) is 5.45. The maximum atomic E-state index is 12.1. The molecule has 0 bridgehead atoms. The summed E-state index contributed by atoms with van der Waals surface area (Å²) in [5.41, 5.74) is 2.33. The smallest absolute Gasteiger partial charge is 0.338 e. The van der Waals surface area contributed by atoms with Gasteiger partial charge in [-0.15, -0.1) is 0 Å². The van der Waals surface area contributed by atoms with E-state index in [1.54, 1.807) is 18.2 Å². The quantitative estimate of drug-likeness (QED) is 0.547. The summed E-state index contributed by atoms with van der Waals surface area (Å²) in [7, 11) is 0. The molecule has 2 heteroatoms. The number of carbonyl (C=O) groups is 1. The largest absolute Gasteiger partial charge is 0.452 e. The van der Waals surface area contributed by atoms with Crippen molar-refractivity contribution in [3.8, 4) is 0 Å². The standard InChI is InChI=1S/C18H24O2/c1-6-18(5,13-7-8-14(2)3)20-17(19)16-11-9-15(4)10-12-16/h6,8-12H,1,7,13H2,2-5H3. The first-order valence-corrected chi connectivity index (χ1v) is 6.93. The third kappa shape index (κ3) is 5.04. The van der Waals surface area contributed by atoms with Crippen molar-refractivity contribution in [1.82, 2.24) is 0 Å². The minimum absolute atomic E-state index is 0.301. The van der Waals surface area contributed by atoms with Crippen molar-refractivity contribution in [3.05, 3.63) is 59.7 Å². The molecule has 0 aliphatic carbocycles. The van der Waals surface area contributed by atoms with Crippen molar-refractivity contribution in [2.75, 3.05) is 0 Å². The van der Waals surface area contributed by atoms with Crippen LogP contribution in [0.5, 0.6) is 0 Å². The van der Waals surface area contributed by atoms with Crippen LogP contribution in [0.1, 0.15) is 49.5 Å². The van der Waals surface area contributed by atoms with Gasteiger partial charge in [-0.3, -0.25) is 0 Å². The van der Waals surface area contributed by atoms with Gasteiger partial charge in [0.25, 0.3) is 0 Å². The molecule has 0 heterocycles. The second-order valence-corrected chi connectivity index (χ2v) is 5.59. The molecular formula is C18H24O2. The van der Waals surface area contributed by atoms with Gasteiger partial charge < -0.3 is 4.74 Å². The molecule has 0 radical (unpaired) electrons. The molecule has 0 spiro atoms. The number of hydrogen-bond donors (Lipinski definition) is 0. The van der Waals surface area contributed by atoms with Crippen LogP contribution in [0.25, 0.3) is 0 Å². The Kier molecular flexibility index (Phi) is 5.75. The summed E-state index contributed by atoms with van der Waals surface area (Å²) in [4.78, 5) is 12.1. The van der Waals surface area contributed by atoms with E-state index in [9.17, 15) is 4.79 Å². The van der Waals surface area contributed by atoms with Crippen molar-refractivity contribution in [1.29, 1.82) is 0 Å². The SMILES string of the molecule is C=CC(C)(CCC=C(C)C)OC(=O)c1ccc(C)cc1. The number of hydrogen-bond acceptors (Lipinski definition) is 2. The number of rotatable bonds is 6. The summed E-state index contributed by atoms with van der Waals surface area (Å²) in [5, 5.41) is 0. The van der Waals surface area contributed by atoms with E-state index >= 15 is 0 Å². The Morgan fingerprint density at radius 2 is 1.90 bits per heavy atom. The molecule has 0 aliphatic rings. The zero-order valence-corrected chi connectivity index (χ0v) is 12.9. The van der Waals surface area contributed by atoms with Gasteiger partial charge in [-0.1, -0.05) is 35.9 Å². The molecule has 2 nitrogen and oxygen atoms in total. The van der Waals surface area contributed by atoms with Crippen LogP contribution in [0.2, 0.25) is 0 Å². The summed E-state index contributed by atoms with van der Waals surface area (Å²) in [5.74, 6) is -0.301. The third-order valence-electron chi connectivity index (χ3n) is 3.24. The predicted molar refractivity (Wildman–Crippen MR) is 83.9 cm³/mol. The third-order valence-corrected chi connectivity index (χ3v) is 3.24. The number of carbonyl (C=O) groups excluding carboxylic acids is 1. The average molecular weight is 272 g/mol. The van der Waals surface area contributed by atoms with Gasteiger partial charge in [0.2, 0.25) is 0 Å². The van der Waals surface area contributed by atoms with Gasteiger partial charge in [-0.05, 0) is 58.7 Å². The van der Waals surface area contributed by atoms with E-state index in [1.807, 2.05) is 26.0 Å². The van der Waals surface area contributed by atoms with Crippen molar-refractivity contribution in [2.24, 2.45) is 0 Å². The molecule has 1 rings (SSSR count). The van der Waals surface area contributed by atoms with Gasteiger partial charge in [0.05, 0.1) is 5.56 Å². The Balaban J connectivity index is 2.71. The van der Waals surface area contributed by atoms with Crippen molar-refractivity contribution in [2.45, 2.75) is 46.1 Å². The van der Waals surface area contributed by atoms with Crippen LogP contribution in [-0.2, 0) is 4.74 Å². The van der Waals surface area contributed by atoms with E-state index in [-0.39, 0.29) is 5.97 Å². The Labute approximate surface area is 122 Å². The lowest BCUT2D eigenvalue weighted by molar-refractivity contribution is 0.00835. The number of aryl methyl sites for hydroxylation is 1. The lowest BCUT2D eigenvalue weighted by atomic mass is 9.99. The molecule has 0 N–H and O–H groups in total. The van der Waals surface area contributed by atoms with Crippen LogP contribution >= 0.6 is 0 Å². The fourth-order valence-electron chi connectivity index (χ4n) is 1.80. The van der Waals surface area contributed by atoms with E-state index in [0.717, 1.165) is 18.4 Å². The van der Waals surface area contributed by atoms with Crippen molar-refractivity contribution >= 4 is 5.97 Å². The Morgan fingerprint density at radius 3 is 2.40 bits per heavy atom. The molecule has 1 atom stereocenters. The van der Waals surface area contributed by atoms with Crippen LogP contribution in [0.4, 0.5) is 0 Å². The van der Waals surface area contributed by atoms with Gasteiger partial charge in [0.1, 0.15) is 5.60 Å². The molecule has 0 aliphatic heterocycles. The zero-order valence-electron chi connectivity index (χ0n) is 12.9. The highest BCUT2D eigenvalue weighted by molar-refractivity contribution is 5.89. The monoisotopic (exact) mass is 272 g/mol. The Bertz CT molecular complexity index is 493. The summed E-state index contributed by atoms with van der Waals surface area (Å²) in [6, 6.07) is 7.39. The minimum Gasteiger partial charge on any atom is -0.452 e. The highest BCUT2D eigenvalue weighted by atomic mass is 16.6. The first-order chi connectivity index (χ1) is 9.36. The first kappa shape index (κ1) is 16.2. The lowest BCUT2D eigenvalue weighted by Crippen LogP contribution is -2.29. The Hall–Kier alpha value is -1.83. The molecule has 0 fully saturated rings. The first-order valence-electron chi connectivity index (χ1n) is 6.93. The van der Waals surface area contributed by atoms with Gasteiger partial charge in [0.15, 0.2) is 0 Å². The van der Waals surface area contributed by atoms with Crippen LogP contribution in [0.3, 0.4) is 0 Å². The normalized spacial score (nSPS) is 13.2. The highest BCUT2D eigenvalue weighted by Crippen LogP contribution is 2.22. The van der Waals surface area contributed by atoms with Crippen molar-refractivity contribution in [3.63, 3.8) is 0 Å². The molecule has 108 valence electrons. The molecule has 0 saturated heterocycles. The van der Waals surface area contributed by atoms with E-state index < -0.39 is 5.60 Å². The summed E-state index contributed by atoms with van der Waals surface area (Å²) >= 11 is 0. The van der Waals surface area contributed by atoms with Crippen LogP contribution in [0.15, 0.2) is 48.6 Å². The van der Waals surface area contributed by atoms with Gasteiger partial charge in [-0.2, -0.15) is 0 Å². The zero-order chi connectivity index (χ0) is 15.2. The molecule has 0 aromatic heterocycles. The summed E-state index contributed by atoms with van der Waals surface area (Å²) < 4.78 is 5.61. The van der Waals surface area contributed by atoms with E-state index in [4.69, 9.17) is 4.74 Å². The Morgan fingerprint density at radius 1 is 1.30 bits per heavy atom. The average Bonchev–Trinajstić information content (AvgIpc) is 2.39. The fraction of sp³-hybridized carbons (Fsp3) is 0.389. The second kappa shape index (κ2) is 7.09. The topological polar surface area (TPSA) is 26.3 Å². The maximum Gasteiger partial charge on any atom is 0.338 e. The minimum atomic E-state index is -0.631. The van der Waals surface area contributed by atoms with Crippen LogP contribution in [-0.4, -0.2) is 11.6 Å². The predicted octanol–water partition coefficient (Wildman–Crippen LogP) is 4.84. The van der Waals surface area contributed by atoms with Gasteiger partial charge >= 0.3 is 5.97 Å². The molecule has 0 amide bonds. The number of ether oxygens (including phenoxy) is 1. The maximum absolute atomic E-state index is 12.1. The lowest BCUT2D eigenvalue weighted by Gasteiger charge is -2.25. The molecule has 20 heavy (non-hydrogen) atoms. The van der Waals surface area contributed by atoms with Crippen molar-refractivity contribution < 1.29 is 9.53 Å². The number of esters is 1.